The highest BCUT2D eigenvalue weighted by Gasteiger charge is 2.22. The summed E-state index contributed by atoms with van der Waals surface area (Å²) < 4.78 is 2.69. The van der Waals surface area contributed by atoms with Crippen LogP contribution in [0, 0.1) is 0 Å². The normalized spacial score (nSPS) is 18.2. The molecule has 7 rings (SSSR count). The molecule has 0 N–H and O–H groups in total. The van der Waals surface area contributed by atoms with Crippen LogP contribution in [0.15, 0.2) is 42.5 Å². The van der Waals surface area contributed by atoms with Crippen LogP contribution in [-0.4, -0.2) is 4.40 Å². The molecule has 5 aromatic rings. The molecule has 0 saturated carbocycles. The fourth-order valence-electron chi connectivity index (χ4n) is 6.91. The van der Waals surface area contributed by atoms with Crippen LogP contribution < -0.4 is 0 Å². The number of fused-ring (bicyclic) bond motifs is 9. The third-order valence-electron chi connectivity index (χ3n) is 8.52. The molecule has 0 unspecified atom stereocenters. The van der Waals surface area contributed by atoms with Crippen molar-refractivity contribution in [1.82, 2.24) is 4.40 Å². The Bertz CT molecular complexity index is 1450. The van der Waals surface area contributed by atoms with E-state index in [2.05, 4.69) is 46.9 Å². The summed E-state index contributed by atoms with van der Waals surface area (Å²) in [6.45, 7) is 0. The molecule has 0 bridgehead atoms. The Morgan fingerprint density at radius 2 is 1.06 bits per heavy atom. The number of aromatic nitrogens is 1. The fourth-order valence-corrected chi connectivity index (χ4v) is 6.91. The quantitative estimate of drug-likeness (QED) is 0.237. The Labute approximate surface area is 190 Å². The van der Waals surface area contributed by atoms with Crippen molar-refractivity contribution in [2.24, 2.45) is 0 Å². The molecule has 0 atom stereocenters. The molecule has 0 radical (unpaired) electrons. The molecular formula is C31H33N. The first-order valence-corrected chi connectivity index (χ1v) is 13.1. The monoisotopic (exact) mass is 419 g/mol. The maximum absolute atomic E-state index is 2.69. The van der Waals surface area contributed by atoms with E-state index in [1.807, 2.05) is 0 Å². The Morgan fingerprint density at radius 3 is 1.84 bits per heavy atom. The number of hydrogen-bond donors (Lipinski definition) is 0. The minimum atomic E-state index is 1.23. The van der Waals surface area contributed by atoms with Gasteiger partial charge in [-0.3, -0.25) is 0 Å². The van der Waals surface area contributed by atoms with Crippen LogP contribution in [0.25, 0.3) is 38.1 Å². The van der Waals surface area contributed by atoms with Crippen LogP contribution >= 0.6 is 0 Å². The molecule has 2 aliphatic rings. The second-order valence-electron chi connectivity index (χ2n) is 10.5. The molecule has 0 aliphatic heterocycles. The number of hydrogen-bond acceptors (Lipinski definition) is 0. The van der Waals surface area contributed by atoms with Crippen molar-refractivity contribution < 1.29 is 0 Å². The van der Waals surface area contributed by atoms with E-state index in [1.165, 1.54) is 122 Å². The first-order chi connectivity index (χ1) is 15.9. The van der Waals surface area contributed by atoms with Crippen molar-refractivity contribution >= 4 is 38.1 Å². The molecular weight excluding hydrogens is 386 g/mol. The third-order valence-corrected chi connectivity index (χ3v) is 8.52. The highest BCUT2D eigenvalue weighted by atomic mass is 14.9. The molecule has 1 nitrogen and oxygen atoms in total. The van der Waals surface area contributed by atoms with E-state index in [9.17, 15) is 0 Å². The van der Waals surface area contributed by atoms with Crippen LogP contribution in [0.2, 0.25) is 0 Å². The predicted molar refractivity (Wildman–Crippen MR) is 137 cm³/mol. The molecule has 32 heavy (non-hydrogen) atoms. The summed E-state index contributed by atoms with van der Waals surface area (Å²) in [6.07, 6.45) is 17.3. The van der Waals surface area contributed by atoms with Crippen molar-refractivity contribution in [3.63, 3.8) is 0 Å². The molecule has 2 heterocycles. The predicted octanol–water partition coefficient (Wildman–Crippen LogP) is 8.54. The van der Waals surface area contributed by atoms with Gasteiger partial charge in [0.1, 0.15) is 0 Å². The van der Waals surface area contributed by atoms with Gasteiger partial charge in [-0.25, -0.2) is 0 Å². The van der Waals surface area contributed by atoms with Gasteiger partial charge in [-0.2, -0.15) is 0 Å². The SMILES string of the molecule is c1cc2c3cc4c(cc3n3c5c6c(ccc5c(c1)c23)CCCCCCC6)CCCCCC4. The first kappa shape index (κ1) is 19.0. The van der Waals surface area contributed by atoms with Crippen LogP contribution in [0.4, 0.5) is 0 Å². The van der Waals surface area contributed by atoms with Gasteiger partial charge in [-0.1, -0.05) is 62.4 Å². The van der Waals surface area contributed by atoms with Gasteiger partial charge in [0, 0.05) is 21.5 Å². The second-order valence-corrected chi connectivity index (χ2v) is 10.5. The molecule has 162 valence electrons. The number of nitrogens with zero attached hydrogens (tertiary/aromatic N) is 1. The Morgan fingerprint density at radius 1 is 0.469 bits per heavy atom. The second kappa shape index (κ2) is 7.51. The standard InChI is InChI=1S/C31H33N/c1-2-6-11-21-17-18-27-25-15-10-16-26-28-19-22-12-7-4-5-8-13-23(22)20-29(28)32(31(25)26)30(27)24(21)14-9-3-1/h10,15-20H,1-9,11-14H2. The van der Waals surface area contributed by atoms with Gasteiger partial charge in [-0.05, 0) is 85.8 Å². The van der Waals surface area contributed by atoms with Gasteiger partial charge in [-0.15, -0.1) is 0 Å². The molecule has 0 amide bonds. The summed E-state index contributed by atoms with van der Waals surface area (Å²) in [6, 6.07) is 17.1. The summed E-state index contributed by atoms with van der Waals surface area (Å²) in [7, 11) is 0. The number of aryl methyl sites for hydroxylation is 4. The van der Waals surface area contributed by atoms with Crippen molar-refractivity contribution in [1.29, 1.82) is 0 Å². The largest absolute Gasteiger partial charge is 0.308 e. The van der Waals surface area contributed by atoms with Crippen molar-refractivity contribution in [2.75, 3.05) is 0 Å². The molecule has 1 heteroatoms. The lowest BCUT2D eigenvalue weighted by molar-refractivity contribution is 0.617. The van der Waals surface area contributed by atoms with E-state index in [4.69, 9.17) is 0 Å². The topological polar surface area (TPSA) is 4.41 Å². The van der Waals surface area contributed by atoms with Crippen molar-refractivity contribution in [3.05, 3.63) is 64.7 Å². The van der Waals surface area contributed by atoms with Gasteiger partial charge in [0.25, 0.3) is 0 Å². The zero-order valence-electron chi connectivity index (χ0n) is 19.2. The summed E-state index contributed by atoms with van der Waals surface area (Å²) in [5.74, 6) is 0. The van der Waals surface area contributed by atoms with Gasteiger partial charge in [0.05, 0.1) is 16.6 Å². The van der Waals surface area contributed by atoms with E-state index >= 15 is 0 Å². The highest BCUT2D eigenvalue weighted by molar-refractivity contribution is 6.23. The zero-order chi connectivity index (χ0) is 21.1. The summed E-state index contributed by atoms with van der Waals surface area (Å²) in [5.41, 5.74) is 10.9. The fraction of sp³-hybridized carbons (Fsp3) is 0.419. The third kappa shape index (κ3) is 2.76. The average Bonchev–Trinajstić information content (AvgIpc) is 3.33. The van der Waals surface area contributed by atoms with Crippen LogP contribution in [0.5, 0.6) is 0 Å². The van der Waals surface area contributed by atoms with Gasteiger partial charge < -0.3 is 4.40 Å². The smallest absolute Gasteiger partial charge is 0.0620 e. The van der Waals surface area contributed by atoms with E-state index in [0.717, 1.165) is 0 Å². The molecule has 0 spiro atoms. The van der Waals surface area contributed by atoms with E-state index in [0.29, 0.717) is 0 Å². The van der Waals surface area contributed by atoms with Gasteiger partial charge in [0.2, 0.25) is 0 Å². The maximum Gasteiger partial charge on any atom is 0.0620 e. The number of rotatable bonds is 0. The Kier molecular flexibility index (Phi) is 4.45. The van der Waals surface area contributed by atoms with Crippen LogP contribution in [-0.2, 0) is 25.7 Å². The highest BCUT2D eigenvalue weighted by Crippen LogP contribution is 2.42. The number of benzene rings is 3. The van der Waals surface area contributed by atoms with Gasteiger partial charge in [0.15, 0.2) is 0 Å². The summed E-state index contributed by atoms with van der Waals surface area (Å²) in [5, 5.41) is 5.85. The minimum absolute atomic E-state index is 1.23. The molecule has 0 saturated heterocycles. The van der Waals surface area contributed by atoms with Crippen molar-refractivity contribution in [2.45, 2.75) is 83.5 Å². The zero-order valence-corrected chi connectivity index (χ0v) is 19.2. The van der Waals surface area contributed by atoms with Gasteiger partial charge >= 0.3 is 0 Å². The summed E-state index contributed by atoms with van der Waals surface area (Å²) >= 11 is 0. The average molecular weight is 420 g/mol. The molecule has 2 aromatic heterocycles. The lowest BCUT2D eigenvalue weighted by Gasteiger charge is -2.15. The van der Waals surface area contributed by atoms with E-state index in [1.54, 1.807) is 22.3 Å². The molecule has 0 fully saturated rings. The molecule has 3 aromatic carbocycles. The van der Waals surface area contributed by atoms with E-state index < -0.39 is 0 Å². The first-order valence-electron chi connectivity index (χ1n) is 13.1. The number of para-hydroxylation sites is 1. The Hall–Kier alpha value is -2.54. The van der Waals surface area contributed by atoms with Crippen LogP contribution in [0.1, 0.15) is 80.0 Å². The summed E-state index contributed by atoms with van der Waals surface area (Å²) in [4.78, 5) is 0. The Balaban J connectivity index is 1.61. The maximum atomic E-state index is 2.69. The van der Waals surface area contributed by atoms with Crippen molar-refractivity contribution in [3.8, 4) is 0 Å². The lowest BCUT2D eigenvalue weighted by Crippen LogP contribution is -2.00. The molecule has 2 aliphatic carbocycles. The van der Waals surface area contributed by atoms with Crippen LogP contribution in [0.3, 0.4) is 0 Å². The lowest BCUT2D eigenvalue weighted by atomic mass is 9.91. The van der Waals surface area contributed by atoms with E-state index in [-0.39, 0.29) is 0 Å². The minimum Gasteiger partial charge on any atom is -0.308 e.